The fourth-order valence-electron chi connectivity index (χ4n) is 2.63. The lowest BCUT2D eigenvalue weighted by Gasteiger charge is -2.32. The molecule has 3 nitrogen and oxygen atoms in total. The first-order chi connectivity index (χ1) is 7.11. The molecule has 0 aliphatic heterocycles. The minimum absolute atomic E-state index is 0.124. The van der Waals surface area contributed by atoms with E-state index in [0.717, 1.165) is 18.4 Å². The predicted octanol–water partition coefficient (Wildman–Crippen LogP) is 1.54. The Hall–Kier alpha value is -0.570. The molecule has 1 rings (SSSR count). The minimum Gasteiger partial charge on any atom is -0.359 e. The molecule has 0 saturated heterocycles. The van der Waals surface area contributed by atoms with Crippen molar-refractivity contribution in [1.82, 2.24) is 10.6 Å². The summed E-state index contributed by atoms with van der Waals surface area (Å²) in [7, 11) is 1.69. The molecule has 3 heteroatoms. The highest BCUT2D eigenvalue weighted by Crippen LogP contribution is 2.28. The van der Waals surface area contributed by atoms with Crippen molar-refractivity contribution in [2.75, 3.05) is 13.6 Å². The summed E-state index contributed by atoms with van der Waals surface area (Å²) in [5.41, 5.74) is 0. The van der Waals surface area contributed by atoms with E-state index in [-0.39, 0.29) is 5.91 Å². The summed E-state index contributed by atoms with van der Waals surface area (Å²) in [6, 6.07) is 0.619. The third-order valence-electron chi connectivity index (χ3n) is 3.24. The monoisotopic (exact) mass is 212 g/mol. The quantitative estimate of drug-likeness (QED) is 0.742. The molecule has 0 aromatic heterocycles. The van der Waals surface area contributed by atoms with Crippen molar-refractivity contribution in [3.8, 4) is 0 Å². The van der Waals surface area contributed by atoms with E-state index < -0.39 is 0 Å². The second-order valence-electron chi connectivity index (χ2n) is 4.99. The second kappa shape index (κ2) is 6.11. The molecule has 2 unspecified atom stereocenters. The average molecular weight is 212 g/mol. The van der Waals surface area contributed by atoms with Crippen LogP contribution in [-0.4, -0.2) is 25.5 Å². The summed E-state index contributed by atoms with van der Waals surface area (Å²) in [6.07, 6.45) is 4.47. The van der Waals surface area contributed by atoms with Gasteiger partial charge in [0.25, 0.3) is 0 Å². The third kappa shape index (κ3) is 4.65. The molecule has 1 fully saturated rings. The molecule has 0 heterocycles. The summed E-state index contributed by atoms with van der Waals surface area (Å²) in [6.45, 7) is 5.45. The Balaban J connectivity index is 2.17. The molecule has 0 radical (unpaired) electrons. The second-order valence-corrected chi connectivity index (χ2v) is 4.99. The highest BCUT2D eigenvalue weighted by atomic mass is 16.1. The van der Waals surface area contributed by atoms with E-state index in [9.17, 15) is 4.79 Å². The van der Waals surface area contributed by atoms with Gasteiger partial charge in [0, 0.05) is 26.1 Å². The molecule has 88 valence electrons. The number of nitrogens with one attached hydrogen (secondary N) is 2. The SMILES string of the molecule is CNC(=O)CCNC1CC(C)CC(C)C1. The maximum absolute atomic E-state index is 11.0. The lowest BCUT2D eigenvalue weighted by Crippen LogP contribution is -2.38. The van der Waals surface area contributed by atoms with Gasteiger partial charge in [0.2, 0.25) is 5.91 Å². The zero-order chi connectivity index (χ0) is 11.3. The van der Waals surface area contributed by atoms with Gasteiger partial charge in [-0.15, -0.1) is 0 Å². The van der Waals surface area contributed by atoms with Gasteiger partial charge in [0.05, 0.1) is 0 Å². The molecular formula is C12H24N2O. The van der Waals surface area contributed by atoms with Gasteiger partial charge in [-0.1, -0.05) is 13.8 Å². The molecule has 1 aliphatic rings. The van der Waals surface area contributed by atoms with Gasteiger partial charge in [-0.05, 0) is 31.1 Å². The summed E-state index contributed by atoms with van der Waals surface area (Å²) >= 11 is 0. The normalized spacial score (nSPS) is 31.3. The average Bonchev–Trinajstić information content (AvgIpc) is 2.16. The highest BCUT2D eigenvalue weighted by Gasteiger charge is 2.23. The standard InChI is InChI=1S/C12H24N2O/c1-9-6-10(2)8-11(7-9)14-5-4-12(15)13-3/h9-11,14H,4-8H2,1-3H3,(H,13,15). The van der Waals surface area contributed by atoms with Crippen molar-refractivity contribution in [2.24, 2.45) is 11.8 Å². The van der Waals surface area contributed by atoms with E-state index in [0.29, 0.717) is 12.5 Å². The van der Waals surface area contributed by atoms with Crippen LogP contribution in [0.1, 0.15) is 39.5 Å². The van der Waals surface area contributed by atoms with Crippen molar-refractivity contribution >= 4 is 5.91 Å². The molecule has 2 N–H and O–H groups in total. The van der Waals surface area contributed by atoms with Gasteiger partial charge < -0.3 is 10.6 Å². The Morgan fingerprint density at radius 1 is 1.20 bits per heavy atom. The first-order valence-corrected chi connectivity index (χ1v) is 6.05. The van der Waals surface area contributed by atoms with Crippen LogP contribution in [0.25, 0.3) is 0 Å². The van der Waals surface area contributed by atoms with Gasteiger partial charge >= 0.3 is 0 Å². The molecule has 0 spiro atoms. The van der Waals surface area contributed by atoms with Crippen molar-refractivity contribution in [3.05, 3.63) is 0 Å². The van der Waals surface area contributed by atoms with E-state index in [1.54, 1.807) is 7.05 Å². The van der Waals surface area contributed by atoms with E-state index in [1.165, 1.54) is 19.3 Å². The molecule has 0 aromatic carbocycles. The molecule has 0 bridgehead atoms. The summed E-state index contributed by atoms with van der Waals surface area (Å²) in [5, 5.41) is 6.13. The van der Waals surface area contributed by atoms with Crippen LogP contribution in [0, 0.1) is 11.8 Å². The number of amides is 1. The summed E-state index contributed by atoms with van der Waals surface area (Å²) in [4.78, 5) is 11.0. The van der Waals surface area contributed by atoms with Crippen molar-refractivity contribution in [3.63, 3.8) is 0 Å². The van der Waals surface area contributed by atoms with Crippen LogP contribution in [0.5, 0.6) is 0 Å². The zero-order valence-corrected chi connectivity index (χ0v) is 10.2. The molecule has 1 saturated carbocycles. The molecule has 0 aromatic rings. The van der Waals surface area contributed by atoms with Crippen LogP contribution < -0.4 is 10.6 Å². The lowest BCUT2D eigenvalue weighted by molar-refractivity contribution is -0.120. The molecular weight excluding hydrogens is 188 g/mol. The maximum Gasteiger partial charge on any atom is 0.221 e. The number of carbonyl (C=O) groups is 1. The van der Waals surface area contributed by atoms with Crippen molar-refractivity contribution in [2.45, 2.75) is 45.6 Å². The van der Waals surface area contributed by atoms with Crippen LogP contribution in [0.4, 0.5) is 0 Å². The molecule has 15 heavy (non-hydrogen) atoms. The van der Waals surface area contributed by atoms with Crippen LogP contribution >= 0.6 is 0 Å². The van der Waals surface area contributed by atoms with E-state index in [4.69, 9.17) is 0 Å². The molecule has 1 aliphatic carbocycles. The summed E-state index contributed by atoms with van der Waals surface area (Å²) < 4.78 is 0. The van der Waals surface area contributed by atoms with Gasteiger partial charge in [0.1, 0.15) is 0 Å². The Morgan fingerprint density at radius 2 is 1.80 bits per heavy atom. The Morgan fingerprint density at radius 3 is 2.33 bits per heavy atom. The number of carbonyl (C=O) groups excluding carboxylic acids is 1. The maximum atomic E-state index is 11.0. The third-order valence-corrected chi connectivity index (χ3v) is 3.24. The number of hydrogen-bond donors (Lipinski definition) is 2. The van der Waals surface area contributed by atoms with Gasteiger partial charge in [-0.2, -0.15) is 0 Å². The van der Waals surface area contributed by atoms with Gasteiger partial charge in [-0.3, -0.25) is 4.79 Å². The highest BCUT2D eigenvalue weighted by molar-refractivity contribution is 5.75. The van der Waals surface area contributed by atoms with Crippen molar-refractivity contribution < 1.29 is 4.79 Å². The predicted molar refractivity (Wildman–Crippen MR) is 62.7 cm³/mol. The Kier molecular flexibility index (Phi) is 5.09. The first kappa shape index (κ1) is 12.5. The fraction of sp³-hybridized carbons (Fsp3) is 0.917. The fourth-order valence-corrected chi connectivity index (χ4v) is 2.63. The first-order valence-electron chi connectivity index (χ1n) is 6.05. The molecule has 1 amide bonds. The van der Waals surface area contributed by atoms with Crippen LogP contribution in [0.15, 0.2) is 0 Å². The van der Waals surface area contributed by atoms with Crippen molar-refractivity contribution in [1.29, 1.82) is 0 Å². The number of rotatable bonds is 4. The smallest absolute Gasteiger partial charge is 0.221 e. The lowest BCUT2D eigenvalue weighted by atomic mass is 9.80. The van der Waals surface area contributed by atoms with Gasteiger partial charge in [-0.25, -0.2) is 0 Å². The van der Waals surface area contributed by atoms with E-state index in [2.05, 4.69) is 24.5 Å². The topological polar surface area (TPSA) is 41.1 Å². The molecule has 2 atom stereocenters. The van der Waals surface area contributed by atoms with Crippen LogP contribution in [0.3, 0.4) is 0 Å². The Bertz CT molecular complexity index is 196. The van der Waals surface area contributed by atoms with Crippen LogP contribution in [0.2, 0.25) is 0 Å². The Labute approximate surface area is 93.0 Å². The summed E-state index contributed by atoms with van der Waals surface area (Å²) in [5.74, 6) is 1.77. The minimum atomic E-state index is 0.124. The van der Waals surface area contributed by atoms with Gasteiger partial charge in [0.15, 0.2) is 0 Å². The van der Waals surface area contributed by atoms with E-state index >= 15 is 0 Å². The largest absolute Gasteiger partial charge is 0.359 e. The zero-order valence-electron chi connectivity index (χ0n) is 10.2. The number of hydrogen-bond acceptors (Lipinski definition) is 2. The van der Waals surface area contributed by atoms with Crippen LogP contribution in [-0.2, 0) is 4.79 Å². The van der Waals surface area contributed by atoms with E-state index in [1.807, 2.05) is 0 Å².